The minimum Gasteiger partial charge on any atom is -0.353 e. The van der Waals surface area contributed by atoms with Crippen molar-refractivity contribution in [3.8, 4) is 0 Å². The Bertz CT molecular complexity index is 865. The van der Waals surface area contributed by atoms with Gasteiger partial charge in [0.25, 0.3) is 0 Å². The van der Waals surface area contributed by atoms with Crippen molar-refractivity contribution in [2.75, 3.05) is 41.3 Å². The van der Waals surface area contributed by atoms with E-state index in [9.17, 15) is 4.39 Å². The molecule has 0 saturated carbocycles. The highest BCUT2D eigenvalue weighted by molar-refractivity contribution is 5.56. The zero-order chi connectivity index (χ0) is 17.8. The monoisotopic (exact) mass is 350 g/mol. The third-order valence-electron chi connectivity index (χ3n) is 4.34. The molecule has 1 aromatic carbocycles. The number of pyridine rings is 1. The van der Waals surface area contributed by atoms with E-state index in [-0.39, 0.29) is 5.82 Å². The van der Waals surface area contributed by atoms with Crippen molar-refractivity contribution in [2.24, 2.45) is 0 Å². The summed E-state index contributed by atoms with van der Waals surface area (Å²) in [5.41, 5.74) is 0.365. The molecule has 0 amide bonds. The minimum atomic E-state index is -0.328. The molecule has 6 nitrogen and oxygen atoms in total. The average Bonchev–Trinajstić information content (AvgIpc) is 2.71. The lowest BCUT2D eigenvalue weighted by molar-refractivity contribution is 0.631. The second-order valence-corrected chi connectivity index (χ2v) is 6.01. The van der Waals surface area contributed by atoms with Crippen molar-refractivity contribution in [3.05, 3.63) is 66.7 Å². The third kappa shape index (κ3) is 3.56. The molecule has 0 atom stereocenters. The molecule has 3 aromatic rings. The van der Waals surface area contributed by atoms with E-state index in [1.807, 2.05) is 30.5 Å². The minimum absolute atomic E-state index is 0.328. The lowest BCUT2D eigenvalue weighted by atomic mass is 10.3. The largest absolute Gasteiger partial charge is 0.353 e. The molecular formula is C19H19FN6. The highest BCUT2D eigenvalue weighted by atomic mass is 19.1. The summed E-state index contributed by atoms with van der Waals surface area (Å²) in [7, 11) is 0. The lowest BCUT2D eigenvalue weighted by Crippen LogP contribution is -2.47. The van der Waals surface area contributed by atoms with Gasteiger partial charge in [0, 0.05) is 38.6 Å². The Morgan fingerprint density at radius 1 is 0.769 bits per heavy atom. The van der Waals surface area contributed by atoms with E-state index < -0.39 is 0 Å². The van der Waals surface area contributed by atoms with Gasteiger partial charge in [0.15, 0.2) is 0 Å². The van der Waals surface area contributed by atoms with E-state index in [0.29, 0.717) is 11.6 Å². The SMILES string of the molecule is Fc1ccccc1Nc1nccc(N2CCN(c3ccccn3)CC2)n1. The normalized spacial score (nSPS) is 14.3. The third-order valence-corrected chi connectivity index (χ3v) is 4.34. The summed E-state index contributed by atoms with van der Waals surface area (Å²) in [5.74, 6) is 1.89. The molecule has 0 bridgehead atoms. The molecule has 1 aliphatic rings. The number of para-hydroxylation sites is 1. The van der Waals surface area contributed by atoms with E-state index >= 15 is 0 Å². The molecule has 0 unspecified atom stereocenters. The maximum absolute atomic E-state index is 13.8. The first-order valence-electron chi connectivity index (χ1n) is 8.55. The highest BCUT2D eigenvalue weighted by Crippen LogP contribution is 2.20. The van der Waals surface area contributed by atoms with Crippen LogP contribution >= 0.6 is 0 Å². The molecule has 0 aliphatic carbocycles. The maximum atomic E-state index is 13.8. The number of hydrogen-bond donors (Lipinski definition) is 1. The van der Waals surface area contributed by atoms with E-state index in [1.54, 1.807) is 24.4 Å². The van der Waals surface area contributed by atoms with Crippen LogP contribution in [-0.2, 0) is 0 Å². The van der Waals surface area contributed by atoms with Gasteiger partial charge in [0.05, 0.1) is 5.69 Å². The summed E-state index contributed by atoms with van der Waals surface area (Å²) in [5, 5.41) is 2.94. The van der Waals surface area contributed by atoms with E-state index in [1.165, 1.54) is 6.07 Å². The Hall–Kier alpha value is -3.22. The van der Waals surface area contributed by atoms with Crippen molar-refractivity contribution in [1.82, 2.24) is 15.0 Å². The van der Waals surface area contributed by atoms with Gasteiger partial charge in [-0.2, -0.15) is 4.98 Å². The maximum Gasteiger partial charge on any atom is 0.229 e. The molecule has 7 heteroatoms. The van der Waals surface area contributed by atoms with Gasteiger partial charge in [-0.15, -0.1) is 0 Å². The number of piperazine rings is 1. The predicted octanol–water partition coefficient (Wildman–Crippen LogP) is 3.08. The van der Waals surface area contributed by atoms with Crippen molar-refractivity contribution < 1.29 is 4.39 Å². The molecule has 0 radical (unpaired) electrons. The fraction of sp³-hybridized carbons (Fsp3) is 0.211. The van der Waals surface area contributed by atoms with Crippen molar-refractivity contribution in [2.45, 2.75) is 0 Å². The molecule has 0 spiro atoms. The molecule has 2 aromatic heterocycles. The van der Waals surface area contributed by atoms with Gasteiger partial charge >= 0.3 is 0 Å². The lowest BCUT2D eigenvalue weighted by Gasteiger charge is -2.36. The quantitative estimate of drug-likeness (QED) is 0.780. The first kappa shape index (κ1) is 16.3. The predicted molar refractivity (Wildman–Crippen MR) is 100 cm³/mol. The van der Waals surface area contributed by atoms with E-state index in [4.69, 9.17) is 0 Å². The van der Waals surface area contributed by atoms with Crippen LogP contribution in [0, 0.1) is 5.82 Å². The Morgan fingerprint density at radius 3 is 2.23 bits per heavy atom. The molecule has 132 valence electrons. The fourth-order valence-electron chi connectivity index (χ4n) is 2.97. The second kappa shape index (κ2) is 7.35. The second-order valence-electron chi connectivity index (χ2n) is 6.01. The number of halogens is 1. The summed E-state index contributed by atoms with van der Waals surface area (Å²) >= 11 is 0. The highest BCUT2D eigenvalue weighted by Gasteiger charge is 2.19. The van der Waals surface area contributed by atoms with Crippen LogP contribution in [-0.4, -0.2) is 41.1 Å². The average molecular weight is 350 g/mol. The standard InChI is InChI=1S/C19H19FN6/c20-15-5-1-2-6-16(15)23-19-22-10-8-18(24-19)26-13-11-25(12-14-26)17-7-3-4-9-21-17/h1-10H,11-14H2,(H,22,23,24). The first-order chi connectivity index (χ1) is 12.8. The van der Waals surface area contributed by atoms with Crippen LogP contribution in [0.4, 0.5) is 27.7 Å². The van der Waals surface area contributed by atoms with Gasteiger partial charge in [-0.1, -0.05) is 18.2 Å². The van der Waals surface area contributed by atoms with E-state index in [2.05, 4.69) is 30.1 Å². The molecule has 1 fully saturated rings. The number of hydrogen-bond acceptors (Lipinski definition) is 6. The fourth-order valence-corrected chi connectivity index (χ4v) is 2.97. The van der Waals surface area contributed by atoms with Gasteiger partial charge in [-0.05, 0) is 30.3 Å². The number of anilines is 4. The summed E-state index contributed by atoms with van der Waals surface area (Å²) in [6.45, 7) is 3.42. The number of aromatic nitrogens is 3. The molecule has 1 N–H and O–H groups in total. The number of nitrogens with one attached hydrogen (secondary N) is 1. The molecule has 26 heavy (non-hydrogen) atoms. The van der Waals surface area contributed by atoms with Crippen LogP contribution in [0.5, 0.6) is 0 Å². The summed E-state index contributed by atoms with van der Waals surface area (Å²) in [4.78, 5) is 17.6. The van der Waals surface area contributed by atoms with E-state index in [0.717, 1.165) is 37.8 Å². The zero-order valence-electron chi connectivity index (χ0n) is 14.2. The molecular weight excluding hydrogens is 331 g/mol. The summed E-state index contributed by atoms with van der Waals surface area (Å²) in [6, 6.07) is 14.3. The smallest absolute Gasteiger partial charge is 0.229 e. The number of benzene rings is 1. The molecule has 4 rings (SSSR count). The van der Waals surface area contributed by atoms with Crippen LogP contribution in [0.2, 0.25) is 0 Å². The molecule has 3 heterocycles. The van der Waals surface area contributed by atoms with Crippen LogP contribution in [0.15, 0.2) is 60.9 Å². The zero-order valence-corrected chi connectivity index (χ0v) is 14.2. The topological polar surface area (TPSA) is 57.2 Å². The molecule has 1 aliphatic heterocycles. The first-order valence-corrected chi connectivity index (χ1v) is 8.55. The number of rotatable bonds is 4. The Balaban J connectivity index is 1.44. The van der Waals surface area contributed by atoms with Crippen LogP contribution in [0.3, 0.4) is 0 Å². The van der Waals surface area contributed by atoms with Gasteiger partial charge < -0.3 is 15.1 Å². The Labute approximate surface area is 151 Å². The molecule has 1 saturated heterocycles. The van der Waals surface area contributed by atoms with Crippen LogP contribution < -0.4 is 15.1 Å². The van der Waals surface area contributed by atoms with Gasteiger partial charge in [0.2, 0.25) is 5.95 Å². The van der Waals surface area contributed by atoms with Crippen molar-refractivity contribution >= 4 is 23.3 Å². The summed E-state index contributed by atoms with van der Waals surface area (Å²) in [6.07, 6.45) is 3.50. The van der Waals surface area contributed by atoms with Gasteiger partial charge in [-0.25, -0.2) is 14.4 Å². The van der Waals surface area contributed by atoms with Crippen LogP contribution in [0.1, 0.15) is 0 Å². The summed E-state index contributed by atoms with van der Waals surface area (Å²) < 4.78 is 13.8. The van der Waals surface area contributed by atoms with Gasteiger partial charge in [-0.3, -0.25) is 0 Å². The van der Waals surface area contributed by atoms with Crippen molar-refractivity contribution in [3.63, 3.8) is 0 Å². The van der Waals surface area contributed by atoms with Crippen LogP contribution in [0.25, 0.3) is 0 Å². The Morgan fingerprint density at radius 2 is 1.50 bits per heavy atom. The number of nitrogens with zero attached hydrogens (tertiary/aromatic N) is 5. The van der Waals surface area contributed by atoms with Gasteiger partial charge in [0.1, 0.15) is 17.5 Å². The Kier molecular flexibility index (Phi) is 4.59. The van der Waals surface area contributed by atoms with Crippen molar-refractivity contribution in [1.29, 1.82) is 0 Å².